The second-order valence-corrected chi connectivity index (χ2v) is 5.15. The van der Waals surface area contributed by atoms with Crippen LogP contribution in [0.3, 0.4) is 0 Å². The molecular formula is C17H17ClN2O3. The molecule has 0 fully saturated rings. The average molecular weight is 333 g/mol. The Kier molecular flexibility index (Phi) is 5.60. The summed E-state index contributed by atoms with van der Waals surface area (Å²) in [6, 6.07) is 12.0. The molecule has 1 amide bonds. The van der Waals surface area contributed by atoms with Crippen molar-refractivity contribution in [3.63, 3.8) is 0 Å². The van der Waals surface area contributed by atoms with Gasteiger partial charge in [0.05, 0.1) is 19.9 Å². The zero-order valence-corrected chi connectivity index (χ0v) is 13.8. The van der Waals surface area contributed by atoms with E-state index in [-0.39, 0.29) is 5.91 Å². The fraction of sp³-hybridized carbons (Fsp3) is 0.176. The van der Waals surface area contributed by atoms with Crippen LogP contribution in [0.2, 0.25) is 5.02 Å². The Morgan fingerprint density at radius 1 is 1.09 bits per heavy atom. The molecule has 0 aromatic heterocycles. The molecule has 0 saturated heterocycles. The number of nitrogens with zero attached hydrogens (tertiary/aromatic N) is 1. The van der Waals surface area contributed by atoms with Gasteiger partial charge in [0.15, 0.2) is 0 Å². The summed E-state index contributed by atoms with van der Waals surface area (Å²) in [4.78, 5) is 12.0. The van der Waals surface area contributed by atoms with Crippen LogP contribution < -0.4 is 14.9 Å². The highest BCUT2D eigenvalue weighted by Crippen LogP contribution is 2.25. The summed E-state index contributed by atoms with van der Waals surface area (Å²) >= 11 is 5.80. The van der Waals surface area contributed by atoms with Crippen LogP contribution in [0, 0.1) is 0 Å². The molecule has 0 atom stereocenters. The molecule has 23 heavy (non-hydrogen) atoms. The van der Waals surface area contributed by atoms with Crippen molar-refractivity contribution in [2.75, 3.05) is 14.2 Å². The molecule has 0 aliphatic rings. The SMILES string of the molecule is COc1ccc(/C(C)=N/NC(=O)c2ccc(Cl)cc2)c(OC)c1. The largest absolute Gasteiger partial charge is 0.497 e. The molecule has 2 aromatic carbocycles. The topological polar surface area (TPSA) is 59.9 Å². The zero-order chi connectivity index (χ0) is 16.8. The van der Waals surface area contributed by atoms with Gasteiger partial charge in [-0.15, -0.1) is 0 Å². The predicted molar refractivity (Wildman–Crippen MR) is 90.7 cm³/mol. The van der Waals surface area contributed by atoms with Gasteiger partial charge in [-0.25, -0.2) is 5.43 Å². The molecule has 5 nitrogen and oxygen atoms in total. The van der Waals surface area contributed by atoms with Crippen LogP contribution >= 0.6 is 11.6 Å². The molecule has 0 unspecified atom stereocenters. The van der Waals surface area contributed by atoms with Crippen LogP contribution in [-0.4, -0.2) is 25.8 Å². The van der Waals surface area contributed by atoms with Gasteiger partial charge in [-0.05, 0) is 43.3 Å². The summed E-state index contributed by atoms with van der Waals surface area (Å²) in [5, 5.41) is 4.69. The first-order valence-electron chi connectivity index (χ1n) is 6.87. The Labute approximate surface area is 139 Å². The van der Waals surface area contributed by atoms with Gasteiger partial charge >= 0.3 is 0 Å². The number of nitrogens with one attached hydrogen (secondary N) is 1. The van der Waals surface area contributed by atoms with Gasteiger partial charge in [0, 0.05) is 22.2 Å². The number of hydrogen-bond donors (Lipinski definition) is 1. The Bertz CT molecular complexity index is 727. The van der Waals surface area contributed by atoms with Crippen molar-refractivity contribution in [2.45, 2.75) is 6.92 Å². The Hall–Kier alpha value is -2.53. The van der Waals surface area contributed by atoms with Gasteiger partial charge in [0.25, 0.3) is 5.91 Å². The van der Waals surface area contributed by atoms with Gasteiger partial charge in [-0.2, -0.15) is 5.10 Å². The number of hydrogen-bond acceptors (Lipinski definition) is 4. The molecule has 0 spiro atoms. The van der Waals surface area contributed by atoms with Crippen LogP contribution in [0.4, 0.5) is 0 Å². The van der Waals surface area contributed by atoms with Gasteiger partial charge in [-0.3, -0.25) is 4.79 Å². The van der Waals surface area contributed by atoms with Crippen LogP contribution in [0.15, 0.2) is 47.6 Å². The normalized spacial score (nSPS) is 11.0. The molecule has 0 aliphatic heterocycles. The summed E-state index contributed by atoms with van der Waals surface area (Å²) < 4.78 is 10.5. The lowest BCUT2D eigenvalue weighted by atomic mass is 10.1. The van der Waals surface area contributed by atoms with E-state index in [4.69, 9.17) is 21.1 Å². The van der Waals surface area contributed by atoms with E-state index in [0.29, 0.717) is 27.8 Å². The lowest BCUT2D eigenvalue weighted by Gasteiger charge is -2.10. The van der Waals surface area contributed by atoms with Crippen molar-refractivity contribution in [1.82, 2.24) is 5.43 Å². The highest BCUT2D eigenvalue weighted by Gasteiger charge is 2.09. The average Bonchev–Trinajstić information content (AvgIpc) is 2.59. The maximum atomic E-state index is 12.0. The van der Waals surface area contributed by atoms with E-state index in [1.165, 1.54) is 0 Å². The minimum absolute atomic E-state index is 0.312. The smallest absolute Gasteiger partial charge is 0.271 e. The number of ether oxygens (including phenoxy) is 2. The van der Waals surface area contributed by atoms with Crippen molar-refractivity contribution in [2.24, 2.45) is 5.10 Å². The molecule has 120 valence electrons. The molecule has 6 heteroatoms. The summed E-state index contributed by atoms with van der Waals surface area (Å²) in [6.45, 7) is 1.78. The zero-order valence-electron chi connectivity index (χ0n) is 13.1. The second kappa shape index (κ2) is 7.65. The third kappa shape index (κ3) is 4.23. The standard InChI is InChI=1S/C17H17ClN2O3/c1-11(15-9-8-14(22-2)10-16(15)23-3)19-20-17(21)12-4-6-13(18)7-5-12/h4-10H,1-3H3,(H,20,21)/b19-11+. The number of rotatable bonds is 5. The number of amides is 1. The highest BCUT2D eigenvalue weighted by atomic mass is 35.5. The number of carbonyl (C=O) groups is 1. The molecule has 2 rings (SSSR count). The van der Waals surface area contributed by atoms with Gasteiger partial charge < -0.3 is 9.47 Å². The Morgan fingerprint density at radius 3 is 2.39 bits per heavy atom. The highest BCUT2D eigenvalue weighted by molar-refractivity contribution is 6.30. The van der Waals surface area contributed by atoms with E-state index in [1.807, 2.05) is 6.07 Å². The minimum atomic E-state index is -0.312. The molecule has 2 aromatic rings. The van der Waals surface area contributed by atoms with E-state index >= 15 is 0 Å². The quantitative estimate of drug-likeness (QED) is 0.673. The predicted octanol–water partition coefficient (Wildman–Crippen LogP) is 3.51. The summed E-state index contributed by atoms with van der Waals surface area (Å²) in [5.74, 6) is 0.989. The molecule has 0 saturated carbocycles. The van der Waals surface area contributed by atoms with E-state index in [2.05, 4.69) is 10.5 Å². The second-order valence-electron chi connectivity index (χ2n) is 4.71. The van der Waals surface area contributed by atoms with Crippen LogP contribution in [0.1, 0.15) is 22.8 Å². The van der Waals surface area contributed by atoms with Gasteiger partial charge in [0.2, 0.25) is 0 Å². The number of halogens is 1. The van der Waals surface area contributed by atoms with Crippen molar-refractivity contribution >= 4 is 23.2 Å². The minimum Gasteiger partial charge on any atom is -0.497 e. The van der Waals surface area contributed by atoms with Crippen molar-refractivity contribution in [1.29, 1.82) is 0 Å². The number of benzene rings is 2. The van der Waals surface area contributed by atoms with Crippen molar-refractivity contribution in [3.8, 4) is 11.5 Å². The number of methoxy groups -OCH3 is 2. The van der Waals surface area contributed by atoms with E-state index in [0.717, 1.165) is 5.56 Å². The Morgan fingerprint density at radius 2 is 1.78 bits per heavy atom. The van der Waals surface area contributed by atoms with Crippen molar-refractivity contribution < 1.29 is 14.3 Å². The first kappa shape index (κ1) is 16.8. The maximum Gasteiger partial charge on any atom is 0.271 e. The molecule has 1 N–H and O–H groups in total. The third-order valence-electron chi connectivity index (χ3n) is 3.23. The number of hydrazone groups is 1. The summed E-state index contributed by atoms with van der Waals surface area (Å²) in [6.07, 6.45) is 0. The fourth-order valence-electron chi connectivity index (χ4n) is 1.96. The summed E-state index contributed by atoms with van der Waals surface area (Å²) in [5.41, 5.74) is 4.38. The van der Waals surface area contributed by atoms with E-state index in [9.17, 15) is 4.79 Å². The molecular weight excluding hydrogens is 316 g/mol. The lowest BCUT2D eigenvalue weighted by Crippen LogP contribution is -2.19. The summed E-state index contributed by atoms with van der Waals surface area (Å²) in [7, 11) is 3.15. The van der Waals surface area contributed by atoms with Crippen LogP contribution in [-0.2, 0) is 0 Å². The first-order chi connectivity index (χ1) is 11.0. The Balaban J connectivity index is 2.16. The van der Waals surface area contributed by atoms with E-state index in [1.54, 1.807) is 57.5 Å². The monoisotopic (exact) mass is 332 g/mol. The molecule has 0 heterocycles. The van der Waals surface area contributed by atoms with Gasteiger partial charge in [-0.1, -0.05) is 11.6 Å². The molecule has 0 aliphatic carbocycles. The van der Waals surface area contributed by atoms with Gasteiger partial charge in [0.1, 0.15) is 11.5 Å². The lowest BCUT2D eigenvalue weighted by molar-refractivity contribution is 0.0955. The number of carbonyl (C=O) groups excluding carboxylic acids is 1. The van der Waals surface area contributed by atoms with Crippen LogP contribution in [0.25, 0.3) is 0 Å². The third-order valence-corrected chi connectivity index (χ3v) is 3.48. The van der Waals surface area contributed by atoms with Crippen LogP contribution in [0.5, 0.6) is 11.5 Å². The van der Waals surface area contributed by atoms with Crippen molar-refractivity contribution in [3.05, 3.63) is 58.6 Å². The van der Waals surface area contributed by atoms with E-state index < -0.39 is 0 Å². The first-order valence-corrected chi connectivity index (χ1v) is 7.25. The molecule has 0 radical (unpaired) electrons. The molecule has 0 bridgehead atoms. The maximum absolute atomic E-state index is 12.0. The fourth-order valence-corrected chi connectivity index (χ4v) is 2.08.